The lowest BCUT2D eigenvalue weighted by Gasteiger charge is -2.42. The second-order valence-electron chi connectivity index (χ2n) is 15.0. The van der Waals surface area contributed by atoms with Gasteiger partial charge in [0.1, 0.15) is 0 Å². The summed E-state index contributed by atoms with van der Waals surface area (Å²) in [6, 6.07) is 68.9. The quantitative estimate of drug-likeness (QED) is 0.179. The van der Waals surface area contributed by atoms with Crippen molar-refractivity contribution in [3.8, 4) is 16.8 Å². The molecule has 0 bridgehead atoms. The van der Waals surface area contributed by atoms with Gasteiger partial charge in [0.15, 0.2) is 0 Å². The second kappa shape index (κ2) is 12.3. The van der Waals surface area contributed by atoms with E-state index in [-0.39, 0.29) is 5.41 Å². The van der Waals surface area contributed by atoms with Crippen molar-refractivity contribution in [1.82, 2.24) is 4.57 Å². The van der Waals surface area contributed by atoms with Gasteiger partial charge in [0.05, 0.1) is 33.8 Å². The summed E-state index contributed by atoms with van der Waals surface area (Å²) in [5.74, 6) is 0. The zero-order valence-corrected chi connectivity index (χ0v) is 31.5. The van der Waals surface area contributed by atoms with Gasteiger partial charge < -0.3 is 14.4 Å². The van der Waals surface area contributed by atoms with Gasteiger partial charge in [-0.15, -0.1) is 0 Å². The number of rotatable bonds is 4. The fraction of sp³-hybridized carbons (Fsp3) is 0.0588. The summed E-state index contributed by atoms with van der Waals surface area (Å²) in [6.07, 6.45) is 0. The molecule has 0 N–H and O–H groups in total. The Morgan fingerprint density at radius 2 is 0.945 bits per heavy atom. The van der Waals surface area contributed by atoms with E-state index in [2.05, 4.69) is 216 Å². The molecular formula is C51H37N3S. The van der Waals surface area contributed by atoms with Crippen LogP contribution in [0.2, 0.25) is 0 Å². The maximum Gasteiger partial charge on any atom is 0.0602 e. The smallest absolute Gasteiger partial charge is 0.0602 e. The first-order chi connectivity index (χ1) is 27.0. The number of anilines is 6. The van der Waals surface area contributed by atoms with E-state index in [1.807, 2.05) is 11.8 Å². The molecule has 0 atom stereocenters. The van der Waals surface area contributed by atoms with Gasteiger partial charge in [-0.05, 0) is 113 Å². The lowest BCUT2D eigenvalue weighted by atomic mass is 9.73. The molecule has 2 aliphatic rings. The van der Waals surface area contributed by atoms with Crippen LogP contribution in [0.25, 0.3) is 38.6 Å². The van der Waals surface area contributed by atoms with E-state index in [0.717, 1.165) is 0 Å². The van der Waals surface area contributed by atoms with Gasteiger partial charge in [-0.2, -0.15) is 0 Å². The standard InChI is InChI=1S/C51H37N3S/c1-51(2)41-20-10-12-22-45(41)52(36-15-5-3-6-16-36)46-30-27-38(33-42(46)51)54-43-21-11-9-19-39(43)40-31-34(25-28-44(40)54)35-26-29-48-50(32-35)55-49-24-14-13-23-47(49)53(48)37-17-7-4-8-18-37/h3-33H,1-2H3. The average Bonchev–Trinajstić information content (AvgIpc) is 3.57. The monoisotopic (exact) mass is 723 g/mol. The van der Waals surface area contributed by atoms with Crippen LogP contribution < -0.4 is 9.80 Å². The van der Waals surface area contributed by atoms with Crippen molar-refractivity contribution in [2.75, 3.05) is 9.80 Å². The third-order valence-corrected chi connectivity index (χ3v) is 12.6. The summed E-state index contributed by atoms with van der Waals surface area (Å²) in [5, 5.41) is 2.51. The van der Waals surface area contributed by atoms with Crippen molar-refractivity contribution < 1.29 is 0 Å². The number of hydrogen-bond acceptors (Lipinski definition) is 3. The second-order valence-corrected chi connectivity index (χ2v) is 16.1. The molecule has 55 heavy (non-hydrogen) atoms. The van der Waals surface area contributed by atoms with E-state index in [9.17, 15) is 0 Å². The average molecular weight is 724 g/mol. The van der Waals surface area contributed by atoms with Crippen LogP contribution in [0.5, 0.6) is 0 Å². The number of nitrogens with zero attached hydrogens (tertiary/aromatic N) is 3. The van der Waals surface area contributed by atoms with E-state index in [1.165, 1.54) is 93.7 Å². The van der Waals surface area contributed by atoms with Crippen molar-refractivity contribution in [1.29, 1.82) is 0 Å². The Kier molecular flexibility index (Phi) is 7.14. The molecule has 2 aliphatic heterocycles. The molecule has 0 spiro atoms. The molecule has 0 unspecified atom stereocenters. The Balaban J connectivity index is 1.05. The van der Waals surface area contributed by atoms with Crippen molar-refractivity contribution in [3.63, 3.8) is 0 Å². The predicted molar refractivity (Wildman–Crippen MR) is 232 cm³/mol. The maximum atomic E-state index is 2.45. The summed E-state index contributed by atoms with van der Waals surface area (Å²) in [5.41, 5.74) is 15.7. The van der Waals surface area contributed by atoms with E-state index in [1.54, 1.807) is 0 Å². The molecule has 0 aliphatic carbocycles. The highest BCUT2D eigenvalue weighted by Crippen LogP contribution is 2.54. The summed E-state index contributed by atoms with van der Waals surface area (Å²) >= 11 is 1.85. The topological polar surface area (TPSA) is 11.4 Å². The first kappa shape index (κ1) is 32.0. The number of para-hydroxylation sites is 5. The molecule has 1 aromatic heterocycles. The molecule has 0 fully saturated rings. The summed E-state index contributed by atoms with van der Waals surface area (Å²) in [4.78, 5) is 7.33. The van der Waals surface area contributed by atoms with Crippen LogP contribution in [0.15, 0.2) is 198 Å². The Morgan fingerprint density at radius 3 is 1.75 bits per heavy atom. The molecule has 8 aromatic carbocycles. The summed E-state index contributed by atoms with van der Waals surface area (Å²) in [7, 11) is 0. The first-order valence-corrected chi connectivity index (χ1v) is 19.8. The van der Waals surface area contributed by atoms with Gasteiger partial charge in [-0.1, -0.05) is 123 Å². The van der Waals surface area contributed by atoms with Crippen LogP contribution >= 0.6 is 11.8 Å². The van der Waals surface area contributed by atoms with Crippen molar-refractivity contribution in [3.05, 3.63) is 199 Å². The number of benzene rings is 8. The highest BCUT2D eigenvalue weighted by Gasteiger charge is 2.37. The molecule has 9 aromatic rings. The zero-order valence-electron chi connectivity index (χ0n) is 30.6. The molecule has 0 saturated heterocycles. The number of hydrogen-bond donors (Lipinski definition) is 0. The van der Waals surface area contributed by atoms with Gasteiger partial charge in [0, 0.05) is 43.0 Å². The third-order valence-electron chi connectivity index (χ3n) is 11.5. The molecule has 0 amide bonds. The Bertz CT molecular complexity index is 2940. The van der Waals surface area contributed by atoms with E-state index in [0.29, 0.717) is 0 Å². The van der Waals surface area contributed by atoms with Gasteiger partial charge in [0.25, 0.3) is 0 Å². The molecule has 11 rings (SSSR count). The van der Waals surface area contributed by atoms with Crippen LogP contribution in [0.1, 0.15) is 25.0 Å². The predicted octanol–water partition coefficient (Wildman–Crippen LogP) is 14.5. The zero-order chi connectivity index (χ0) is 36.7. The van der Waals surface area contributed by atoms with Gasteiger partial charge in [-0.25, -0.2) is 0 Å². The van der Waals surface area contributed by atoms with Crippen molar-refractivity contribution >= 4 is 67.7 Å². The van der Waals surface area contributed by atoms with E-state index in [4.69, 9.17) is 0 Å². The molecule has 262 valence electrons. The van der Waals surface area contributed by atoms with Crippen LogP contribution in [0.4, 0.5) is 34.1 Å². The van der Waals surface area contributed by atoms with Crippen LogP contribution in [-0.4, -0.2) is 4.57 Å². The lowest BCUT2D eigenvalue weighted by Crippen LogP contribution is -2.30. The van der Waals surface area contributed by atoms with E-state index >= 15 is 0 Å². The minimum Gasteiger partial charge on any atom is -0.310 e. The molecule has 4 heteroatoms. The molecule has 0 radical (unpaired) electrons. The SMILES string of the molecule is CC1(C)c2ccccc2N(c2ccccc2)c2ccc(-n3c4ccccc4c4cc(-c5ccc6c(c5)Sc5ccccc5N6c5ccccc5)ccc43)cc21. The highest BCUT2D eigenvalue weighted by molar-refractivity contribution is 7.99. The van der Waals surface area contributed by atoms with Crippen molar-refractivity contribution in [2.45, 2.75) is 29.1 Å². The fourth-order valence-electron chi connectivity index (χ4n) is 8.91. The van der Waals surface area contributed by atoms with E-state index < -0.39 is 0 Å². The van der Waals surface area contributed by atoms with Gasteiger partial charge in [0.2, 0.25) is 0 Å². The Labute approximate surface area is 325 Å². The molecule has 0 saturated carbocycles. The molecular weight excluding hydrogens is 687 g/mol. The molecule has 3 heterocycles. The normalized spacial score (nSPS) is 14.0. The number of fused-ring (bicyclic) bond motifs is 7. The minimum atomic E-state index is -0.194. The van der Waals surface area contributed by atoms with Crippen LogP contribution in [0.3, 0.4) is 0 Å². The first-order valence-electron chi connectivity index (χ1n) is 18.9. The Hall–Kier alpha value is -6.49. The van der Waals surface area contributed by atoms with Crippen LogP contribution in [0, 0.1) is 0 Å². The minimum absolute atomic E-state index is 0.194. The lowest BCUT2D eigenvalue weighted by molar-refractivity contribution is 0.631. The number of aromatic nitrogens is 1. The fourth-order valence-corrected chi connectivity index (χ4v) is 10.0. The summed E-state index contributed by atoms with van der Waals surface area (Å²) in [6.45, 7) is 4.73. The largest absolute Gasteiger partial charge is 0.310 e. The van der Waals surface area contributed by atoms with Gasteiger partial charge in [-0.3, -0.25) is 0 Å². The van der Waals surface area contributed by atoms with Gasteiger partial charge >= 0.3 is 0 Å². The summed E-state index contributed by atoms with van der Waals surface area (Å²) < 4.78 is 2.45. The molecule has 3 nitrogen and oxygen atoms in total. The van der Waals surface area contributed by atoms with Crippen LogP contribution in [-0.2, 0) is 5.41 Å². The third kappa shape index (κ3) is 4.91. The van der Waals surface area contributed by atoms with Crippen molar-refractivity contribution in [2.24, 2.45) is 0 Å². The Morgan fingerprint density at radius 1 is 0.382 bits per heavy atom. The maximum absolute atomic E-state index is 2.45. The highest BCUT2D eigenvalue weighted by atomic mass is 32.2.